The van der Waals surface area contributed by atoms with Gasteiger partial charge in [-0.15, -0.1) is 0 Å². The topological polar surface area (TPSA) is 54.2 Å². The Balaban J connectivity index is 1.62. The molecular weight excluding hydrogens is 252 g/mol. The van der Waals surface area contributed by atoms with Gasteiger partial charge in [-0.1, -0.05) is 5.16 Å². The lowest BCUT2D eigenvalue weighted by Gasteiger charge is -2.27. The first-order valence-electron chi connectivity index (χ1n) is 8.03. The van der Waals surface area contributed by atoms with E-state index in [1.165, 1.54) is 19.4 Å². The van der Waals surface area contributed by atoms with Gasteiger partial charge >= 0.3 is 0 Å². The first-order valence-corrected chi connectivity index (χ1v) is 8.03. The Morgan fingerprint density at radius 2 is 2.10 bits per heavy atom. The van der Waals surface area contributed by atoms with Crippen LogP contribution in [-0.4, -0.2) is 46.8 Å². The lowest BCUT2D eigenvalue weighted by Crippen LogP contribution is -2.36. The van der Waals surface area contributed by atoms with Gasteiger partial charge in [0.15, 0.2) is 5.82 Å². The average Bonchev–Trinajstić information content (AvgIpc) is 3.09. The van der Waals surface area contributed by atoms with Crippen LogP contribution in [0.4, 0.5) is 0 Å². The van der Waals surface area contributed by atoms with Crippen LogP contribution in [0.25, 0.3) is 0 Å². The number of nitrogens with zero attached hydrogens (tertiary/aromatic N) is 3. The monoisotopic (exact) mass is 278 g/mol. The first-order chi connectivity index (χ1) is 9.74. The van der Waals surface area contributed by atoms with Crippen LogP contribution in [0.2, 0.25) is 0 Å². The number of piperidine rings is 1. The molecule has 1 aromatic rings. The van der Waals surface area contributed by atoms with Crippen molar-refractivity contribution in [2.45, 2.75) is 64.0 Å². The summed E-state index contributed by atoms with van der Waals surface area (Å²) < 4.78 is 5.50. The number of nitrogens with one attached hydrogen (secondary N) is 1. The van der Waals surface area contributed by atoms with Crippen molar-refractivity contribution in [2.75, 3.05) is 19.6 Å². The largest absolute Gasteiger partial charge is 0.339 e. The molecule has 1 unspecified atom stereocenters. The fourth-order valence-electron chi connectivity index (χ4n) is 3.56. The van der Waals surface area contributed by atoms with Crippen LogP contribution in [0.1, 0.15) is 57.2 Å². The molecule has 0 aliphatic carbocycles. The molecule has 5 nitrogen and oxygen atoms in total. The van der Waals surface area contributed by atoms with Gasteiger partial charge in [-0.3, -0.25) is 4.90 Å². The zero-order chi connectivity index (χ0) is 13.9. The molecule has 2 aliphatic heterocycles. The van der Waals surface area contributed by atoms with Crippen molar-refractivity contribution in [3.05, 3.63) is 11.7 Å². The molecule has 20 heavy (non-hydrogen) atoms. The van der Waals surface area contributed by atoms with Crippen LogP contribution >= 0.6 is 0 Å². The van der Waals surface area contributed by atoms with Crippen LogP contribution in [0.3, 0.4) is 0 Å². The van der Waals surface area contributed by atoms with Crippen molar-refractivity contribution >= 4 is 0 Å². The first kappa shape index (κ1) is 14.0. The highest BCUT2D eigenvalue weighted by Gasteiger charge is 2.29. The van der Waals surface area contributed by atoms with Gasteiger partial charge in [-0.2, -0.15) is 4.98 Å². The standard InChI is InChI=1S/C15H26N4O/c1-11(2)19-9-3-4-13(19)10-14-17-15(18-20-14)12-5-7-16-8-6-12/h11-13,16H,3-10H2,1-2H3. The molecule has 3 heterocycles. The van der Waals surface area contributed by atoms with Crippen molar-refractivity contribution in [1.29, 1.82) is 0 Å². The molecule has 1 N–H and O–H groups in total. The zero-order valence-corrected chi connectivity index (χ0v) is 12.6. The Morgan fingerprint density at radius 3 is 2.85 bits per heavy atom. The zero-order valence-electron chi connectivity index (χ0n) is 12.6. The van der Waals surface area contributed by atoms with Gasteiger partial charge in [0.2, 0.25) is 5.89 Å². The minimum atomic E-state index is 0.485. The maximum atomic E-state index is 5.50. The third kappa shape index (κ3) is 3.04. The summed E-state index contributed by atoms with van der Waals surface area (Å²) >= 11 is 0. The molecule has 0 spiro atoms. The van der Waals surface area contributed by atoms with E-state index in [9.17, 15) is 0 Å². The maximum absolute atomic E-state index is 5.50. The van der Waals surface area contributed by atoms with Gasteiger partial charge in [-0.05, 0) is 59.2 Å². The number of hydrogen-bond donors (Lipinski definition) is 1. The van der Waals surface area contributed by atoms with Crippen molar-refractivity contribution in [3.63, 3.8) is 0 Å². The fraction of sp³-hybridized carbons (Fsp3) is 0.867. The lowest BCUT2D eigenvalue weighted by atomic mass is 9.98. The van der Waals surface area contributed by atoms with E-state index in [2.05, 4.69) is 34.2 Å². The van der Waals surface area contributed by atoms with Crippen LogP contribution in [0.5, 0.6) is 0 Å². The average molecular weight is 278 g/mol. The number of aromatic nitrogens is 2. The van der Waals surface area contributed by atoms with Crippen molar-refractivity contribution in [2.24, 2.45) is 0 Å². The number of hydrogen-bond acceptors (Lipinski definition) is 5. The van der Waals surface area contributed by atoms with E-state index in [0.29, 0.717) is 18.0 Å². The summed E-state index contributed by atoms with van der Waals surface area (Å²) in [5.74, 6) is 2.24. The second kappa shape index (κ2) is 6.22. The minimum absolute atomic E-state index is 0.485. The second-order valence-electron chi connectivity index (χ2n) is 6.40. The molecule has 1 aromatic heterocycles. The van der Waals surface area contributed by atoms with Crippen molar-refractivity contribution < 1.29 is 4.52 Å². The summed E-state index contributed by atoms with van der Waals surface area (Å²) in [7, 11) is 0. The molecule has 0 aromatic carbocycles. The summed E-state index contributed by atoms with van der Waals surface area (Å²) in [6, 6.07) is 1.19. The van der Waals surface area contributed by atoms with E-state index in [1.54, 1.807) is 0 Å². The third-order valence-electron chi connectivity index (χ3n) is 4.68. The van der Waals surface area contributed by atoms with Gasteiger partial charge in [0.25, 0.3) is 0 Å². The van der Waals surface area contributed by atoms with Crippen LogP contribution in [0, 0.1) is 0 Å². The third-order valence-corrected chi connectivity index (χ3v) is 4.68. The summed E-state index contributed by atoms with van der Waals surface area (Å²) in [6.07, 6.45) is 5.71. The Kier molecular flexibility index (Phi) is 4.36. The summed E-state index contributed by atoms with van der Waals surface area (Å²) in [5.41, 5.74) is 0. The Labute approximate surface area is 121 Å². The minimum Gasteiger partial charge on any atom is -0.339 e. The van der Waals surface area contributed by atoms with Crippen LogP contribution in [-0.2, 0) is 6.42 Å². The summed E-state index contributed by atoms with van der Waals surface area (Å²) in [6.45, 7) is 7.88. The number of likely N-dealkylation sites (tertiary alicyclic amines) is 1. The van der Waals surface area contributed by atoms with Gasteiger partial charge in [-0.25, -0.2) is 0 Å². The highest BCUT2D eigenvalue weighted by Crippen LogP contribution is 2.25. The molecule has 5 heteroatoms. The molecule has 3 rings (SSSR count). The van der Waals surface area contributed by atoms with E-state index in [-0.39, 0.29) is 0 Å². The van der Waals surface area contributed by atoms with Gasteiger partial charge < -0.3 is 9.84 Å². The Bertz CT molecular complexity index is 425. The fourth-order valence-corrected chi connectivity index (χ4v) is 3.56. The highest BCUT2D eigenvalue weighted by molar-refractivity contribution is 4.99. The Hall–Kier alpha value is -0.940. The van der Waals surface area contributed by atoms with E-state index < -0.39 is 0 Å². The van der Waals surface area contributed by atoms with Gasteiger partial charge in [0.1, 0.15) is 0 Å². The summed E-state index contributed by atoms with van der Waals surface area (Å²) in [5, 5.41) is 7.59. The lowest BCUT2D eigenvalue weighted by molar-refractivity contribution is 0.192. The second-order valence-corrected chi connectivity index (χ2v) is 6.40. The summed E-state index contributed by atoms with van der Waals surface area (Å²) in [4.78, 5) is 7.22. The van der Waals surface area contributed by atoms with Crippen LogP contribution < -0.4 is 5.32 Å². The molecule has 0 saturated carbocycles. The molecular formula is C15H26N4O. The van der Waals surface area contributed by atoms with Gasteiger partial charge in [0.05, 0.1) is 0 Å². The van der Waals surface area contributed by atoms with Crippen molar-refractivity contribution in [1.82, 2.24) is 20.4 Å². The predicted octanol–water partition coefficient (Wildman–Crippen LogP) is 1.95. The molecule has 112 valence electrons. The Morgan fingerprint density at radius 1 is 1.30 bits per heavy atom. The van der Waals surface area contributed by atoms with Crippen molar-refractivity contribution in [3.8, 4) is 0 Å². The van der Waals surface area contributed by atoms with E-state index in [1.807, 2.05) is 0 Å². The SMILES string of the molecule is CC(C)N1CCCC1Cc1nc(C2CCNCC2)no1. The highest BCUT2D eigenvalue weighted by atomic mass is 16.5. The molecule has 0 bridgehead atoms. The van der Waals surface area contributed by atoms with E-state index in [4.69, 9.17) is 4.52 Å². The van der Waals surface area contributed by atoms with Gasteiger partial charge in [0, 0.05) is 24.4 Å². The number of rotatable bonds is 4. The molecule has 2 fully saturated rings. The molecule has 1 atom stereocenters. The molecule has 0 radical (unpaired) electrons. The maximum Gasteiger partial charge on any atom is 0.228 e. The van der Waals surface area contributed by atoms with E-state index >= 15 is 0 Å². The van der Waals surface area contributed by atoms with E-state index in [0.717, 1.165) is 44.1 Å². The molecule has 2 aliphatic rings. The quantitative estimate of drug-likeness (QED) is 0.912. The predicted molar refractivity (Wildman–Crippen MR) is 77.7 cm³/mol. The molecule has 2 saturated heterocycles. The molecule has 0 amide bonds. The normalized spacial score (nSPS) is 25.6. The smallest absolute Gasteiger partial charge is 0.228 e. The van der Waals surface area contributed by atoms with Crippen LogP contribution in [0.15, 0.2) is 4.52 Å².